The van der Waals surface area contributed by atoms with Gasteiger partial charge in [-0.2, -0.15) is 5.10 Å². The molecule has 0 aliphatic heterocycles. The van der Waals surface area contributed by atoms with E-state index in [4.69, 9.17) is 4.74 Å². The molecule has 1 unspecified atom stereocenters. The summed E-state index contributed by atoms with van der Waals surface area (Å²) in [6.07, 6.45) is 1.28. The Morgan fingerprint density at radius 3 is 2.94 bits per heavy atom. The molecule has 2 aromatic rings. The van der Waals surface area contributed by atoms with Crippen LogP contribution in [0.2, 0.25) is 0 Å². The smallest absolute Gasteiger partial charge is 0.214 e. The Labute approximate surface area is 99.5 Å². The molecule has 0 spiro atoms. The highest BCUT2D eigenvalue weighted by molar-refractivity contribution is 7.84. The Balaban J connectivity index is 2.14. The fourth-order valence-electron chi connectivity index (χ4n) is 1.32. The third-order valence-corrected chi connectivity index (χ3v) is 3.35. The van der Waals surface area contributed by atoms with Crippen molar-refractivity contribution in [2.75, 3.05) is 7.11 Å². The van der Waals surface area contributed by atoms with Crippen LogP contribution >= 0.6 is 0 Å². The molecule has 0 radical (unpaired) electrons. The van der Waals surface area contributed by atoms with Crippen LogP contribution in [0.3, 0.4) is 0 Å². The van der Waals surface area contributed by atoms with Crippen LogP contribution in [-0.4, -0.2) is 26.5 Å². The highest BCUT2D eigenvalue weighted by atomic mass is 32.2. The van der Waals surface area contributed by atoms with Crippen LogP contribution in [-0.2, 0) is 16.6 Å². The van der Waals surface area contributed by atoms with Gasteiger partial charge in [0, 0.05) is 0 Å². The van der Waals surface area contributed by atoms with Crippen molar-refractivity contribution in [3.05, 3.63) is 35.9 Å². The molecule has 0 bridgehead atoms. The van der Waals surface area contributed by atoms with Gasteiger partial charge in [0.25, 0.3) is 0 Å². The second-order valence-corrected chi connectivity index (χ2v) is 4.62. The molecule has 0 amide bonds. The Bertz CT molecular complexity index is 530. The number of hydrogen-bond donors (Lipinski definition) is 1. The van der Waals surface area contributed by atoms with Crippen LogP contribution in [0.4, 0.5) is 4.39 Å². The van der Waals surface area contributed by atoms with Gasteiger partial charge in [-0.3, -0.25) is 9.31 Å². The van der Waals surface area contributed by atoms with Crippen molar-refractivity contribution in [1.29, 1.82) is 0 Å². The second-order valence-electron chi connectivity index (χ2n) is 3.25. The summed E-state index contributed by atoms with van der Waals surface area (Å²) in [6, 6.07) is 4.46. The van der Waals surface area contributed by atoms with Crippen LogP contribution < -0.4 is 4.74 Å². The molecule has 0 aliphatic rings. The zero-order valence-corrected chi connectivity index (χ0v) is 9.83. The van der Waals surface area contributed by atoms with Gasteiger partial charge in [0.1, 0.15) is 6.33 Å². The Kier molecular flexibility index (Phi) is 3.48. The molecule has 0 fully saturated rings. The minimum absolute atomic E-state index is 0.166. The van der Waals surface area contributed by atoms with Crippen molar-refractivity contribution in [3.63, 3.8) is 0 Å². The number of methoxy groups -OCH3 is 1. The monoisotopic (exact) mass is 255 g/mol. The summed E-state index contributed by atoms with van der Waals surface area (Å²) in [5.74, 6) is -0.130. The Hall–Kier alpha value is -1.76. The van der Waals surface area contributed by atoms with Gasteiger partial charge in [-0.05, 0) is 17.7 Å². The third-order valence-electron chi connectivity index (χ3n) is 2.12. The average molecular weight is 255 g/mol. The fourth-order valence-corrected chi connectivity index (χ4v) is 2.26. The molecule has 1 aromatic heterocycles. The predicted octanol–water partition coefficient (Wildman–Crippen LogP) is 1.26. The van der Waals surface area contributed by atoms with Crippen molar-refractivity contribution in [2.24, 2.45) is 0 Å². The van der Waals surface area contributed by atoms with Gasteiger partial charge in [-0.1, -0.05) is 6.07 Å². The van der Waals surface area contributed by atoms with Gasteiger partial charge in [-0.25, -0.2) is 9.37 Å². The maximum absolute atomic E-state index is 13.4. The summed E-state index contributed by atoms with van der Waals surface area (Å²) in [6.45, 7) is 0. The van der Waals surface area contributed by atoms with Crippen LogP contribution in [0, 0.1) is 5.82 Å². The fraction of sp³-hybridized carbons (Fsp3) is 0.200. The van der Waals surface area contributed by atoms with Crippen molar-refractivity contribution >= 4 is 10.8 Å². The predicted molar refractivity (Wildman–Crippen MR) is 59.4 cm³/mol. The third kappa shape index (κ3) is 2.68. The van der Waals surface area contributed by atoms with Gasteiger partial charge >= 0.3 is 0 Å². The number of nitrogens with zero attached hydrogens (tertiary/aromatic N) is 2. The zero-order valence-electron chi connectivity index (χ0n) is 9.01. The summed E-state index contributed by atoms with van der Waals surface area (Å²) in [5.41, 5.74) is 0.609. The second kappa shape index (κ2) is 5.05. The lowest BCUT2D eigenvalue weighted by Crippen LogP contribution is -1.99. The van der Waals surface area contributed by atoms with Gasteiger partial charge in [0.05, 0.1) is 23.7 Å². The standard InChI is InChI=1S/C10H10FN3O2S/c1-16-9-3-2-7(4-8(9)11)5-17(15)10-12-6-13-14-10/h2-4,6H,5H2,1H3,(H,12,13,14). The molecule has 0 saturated carbocycles. The maximum Gasteiger partial charge on any atom is 0.214 e. The number of benzene rings is 1. The summed E-state index contributed by atoms with van der Waals surface area (Å²) in [4.78, 5) is 3.78. The highest BCUT2D eigenvalue weighted by Crippen LogP contribution is 2.19. The molecule has 5 nitrogen and oxygen atoms in total. The normalized spacial score (nSPS) is 12.4. The van der Waals surface area contributed by atoms with E-state index in [0.717, 1.165) is 0 Å². The topological polar surface area (TPSA) is 67.9 Å². The van der Waals surface area contributed by atoms with Crippen molar-refractivity contribution in [1.82, 2.24) is 15.2 Å². The number of rotatable bonds is 4. The van der Waals surface area contributed by atoms with E-state index in [1.54, 1.807) is 6.07 Å². The van der Waals surface area contributed by atoms with Gasteiger partial charge < -0.3 is 4.74 Å². The summed E-state index contributed by atoms with van der Waals surface area (Å²) < 4.78 is 29.9. The molecule has 17 heavy (non-hydrogen) atoms. The molecule has 0 aliphatic carbocycles. The first-order valence-corrected chi connectivity index (χ1v) is 6.08. The van der Waals surface area contributed by atoms with Crippen molar-refractivity contribution < 1.29 is 13.3 Å². The minimum Gasteiger partial charge on any atom is -0.494 e. The van der Waals surface area contributed by atoms with E-state index < -0.39 is 16.6 Å². The van der Waals surface area contributed by atoms with Gasteiger partial charge in [0.2, 0.25) is 5.16 Å². The van der Waals surface area contributed by atoms with Crippen molar-refractivity contribution in [2.45, 2.75) is 10.9 Å². The summed E-state index contributed by atoms with van der Waals surface area (Å²) in [7, 11) is 0.0369. The van der Waals surface area contributed by atoms with E-state index >= 15 is 0 Å². The number of nitrogens with one attached hydrogen (secondary N) is 1. The minimum atomic E-state index is -1.36. The van der Waals surface area contributed by atoms with E-state index in [9.17, 15) is 8.60 Å². The van der Waals surface area contributed by atoms with Crippen LogP contribution in [0.15, 0.2) is 29.7 Å². The van der Waals surface area contributed by atoms with E-state index in [0.29, 0.717) is 5.56 Å². The molecule has 0 saturated heterocycles. The number of halogens is 1. The number of ether oxygens (including phenoxy) is 1. The first-order valence-electron chi connectivity index (χ1n) is 4.77. The molecular weight excluding hydrogens is 245 g/mol. The van der Waals surface area contributed by atoms with Gasteiger partial charge in [-0.15, -0.1) is 0 Å². The summed E-state index contributed by atoms with van der Waals surface area (Å²) in [5, 5.41) is 6.40. The number of hydrogen-bond acceptors (Lipinski definition) is 4. The van der Waals surface area contributed by atoms with E-state index in [1.165, 1.54) is 25.6 Å². The molecule has 90 valence electrons. The zero-order chi connectivity index (χ0) is 12.3. The number of aromatic nitrogens is 3. The quantitative estimate of drug-likeness (QED) is 0.893. The Morgan fingerprint density at radius 1 is 1.53 bits per heavy atom. The number of aromatic amines is 1. The van der Waals surface area contributed by atoms with E-state index in [2.05, 4.69) is 15.2 Å². The lowest BCUT2D eigenvalue weighted by Gasteiger charge is -2.04. The SMILES string of the molecule is COc1ccc(CS(=O)c2ncn[nH]2)cc1F. The molecular formula is C10H10FN3O2S. The largest absolute Gasteiger partial charge is 0.494 e. The summed E-state index contributed by atoms with van der Waals surface area (Å²) >= 11 is 0. The number of H-pyrrole nitrogens is 1. The lowest BCUT2D eigenvalue weighted by molar-refractivity contribution is 0.386. The van der Waals surface area contributed by atoms with Crippen molar-refractivity contribution in [3.8, 4) is 5.75 Å². The molecule has 1 N–H and O–H groups in total. The van der Waals surface area contributed by atoms with E-state index in [1.807, 2.05) is 0 Å². The molecule has 1 aromatic carbocycles. The van der Waals surface area contributed by atoms with Gasteiger partial charge in [0.15, 0.2) is 11.6 Å². The average Bonchev–Trinajstić information content (AvgIpc) is 2.82. The molecule has 7 heteroatoms. The van der Waals surface area contributed by atoms with E-state index in [-0.39, 0.29) is 16.7 Å². The first kappa shape index (κ1) is 11.7. The molecule has 1 heterocycles. The van der Waals surface area contributed by atoms with Crippen LogP contribution in [0.5, 0.6) is 5.75 Å². The van der Waals surface area contributed by atoms with Crippen LogP contribution in [0.1, 0.15) is 5.56 Å². The van der Waals surface area contributed by atoms with Crippen LogP contribution in [0.25, 0.3) is 0 Å². The molecule has 1 atom stereocenters. The maximum atomic E-state index is 13.4. The molecule has 2 rings (SSSR count). The Morgan fingerprint density at radius 2 is 2.35 bits per heavy atom. The lowest BCUT2D eigenvalue weighted by atomic mass is 10.2. The first-order chi connectivity index (χ1) is 8.20. The highest BCUT2D eigenvalue weighted by Gasteiger charge is 2.10.